The van der Waals surface area contributed by atoms with Gasteiger partial charge in [-0.3, -0.25) is 9.80 Å². The third-order valence-electron chi connectivity index (χ3n) is 14.6. The third-order valence-corrected chi connectivity index (χ3v) is 15.8. The van der Waals surface area contributed by atoms with E-state index >= 15 is 0 Å². The van der Waals surface area contributed by atoms with E-state index in [2.05, 4.69) is 252 Å². The predicted molar refractivity (Wildman–Crippen MR) is 312 cm³/mol. The molecule has 2 aromatic heterocycles. The number of hydrogen-bond acceptors (Lipinski definition) is 5. The van der Waals surface area contributed by atoms with Crippen molar-refractivity contribution in [2.24, 2.45) is 5.73 Å². The van der Waals surface area contributed by atoms with Crippen LogP contribution in [0.4, 0.5) is 28.6 Å². The molecular formula is C68H62N4S. The summed E-state index contributed by atoms with van der Waals surface area (Å²) in [7, 11) is 0. The van der Waals surface area contributed by atoms with Crippen molar-refractivity contribution < 1.29 is 0 Å². The number of anilines is 5. The van der Waals surface area contributed by atoms with E-state index in [1.807, 2.05) is 42.7 Å². The van der Waals surface area contributed by atoms with Gasteiger partial charge in [0.15, 0.2) is 0 Å². The molecule has 0 aliphatic heterocycles. The Balaban J connectivity index is 1.33. The Hall–Kier alpha value is -7.99. The van der Waals surface area contributed by atoms with Gasteiger partial charge in [0.1, 0.15) is 11.6 Å². The van der Waals surface area contributed by atoms with Crippen molar-refractivity contribution in [1.29, 1.82) is 0 Å². The van der Waals surface area contributed by atoms with E-state index in [-0.39, 0.29) is 10.8 Å². The van der Waals surface area contributed by atoms with Crippen LogP contribution in [0.3, 0.4) is 0 Å². The Morgan fingerprint density at radius 3 is 1.73 bits per heavy atom. The Morgan fingerprint density at radius 1 is 0.589 bits per heavy atom. The first kappa shape index (κ1) is 47.3. The SMILES string of the molecule is C/C=C/C=C(\N)N(c1ccc(C(C)(C)C)cc1)c1cc2c(c3sc4ccccc4c13)-c1c(-c3ccccc3)cc(N(c3ccc(C(C)(C)C)cc3)c3ccc(C)cn3)cc1C2(c1ccccc1)c1ccccc1. The summed E-state index contributed by atoms with van der Waals surface area (Å²) in [5, 5.41) is 2.37. The molecule has 360 valence electrons. The summed E-state index contributed by atoms with van der Waals surface area (Å²) in [6.45, 7) is 17.7. The Kier molecular flexibility index (Phi) is 12.0. The van der Waals surface area contributed by atoms with Crippen LogP contribution >= 0.6 is 11.3 Å². The van der Waals surface area contributed by atoms with E-state index in [0.717, 1.165) is 45.3 Å². The number of nitrogens with two attached hydrogens (primary N) is 1. The second-order valence-corrected chi connectivity index (χ2v) is 22.5. The van der Waals surface area contributed by atoms with Gasteiger partial charge in [0.2, 0.25) is 0 Å². The fourth-order valence-corrected chi connectivity index (χ4v) is 12.3. The second-order valence-electron chi connectivity index (χ2n) is 21.5. The van der Waals surface area contributed by atoms with Gasteiger partial charge >= 0.3 is 0 Å². The summed E-state index contributed by atoms with van der Waals surface area (Å²) in [5.41, 5.74) is 23.9. The van der Waals surface area contributed by atoms with Crippen molar-refractivity contribution in [3.8, 4) is 22.3 Å². The number of pyridine rings is 1. The zero-order valence-electron chi connectivity index (χ0n) is 43.1. The molecule has 0 bridgehead atoms. The summed E-state index contributed by atoms with van der Waals surface area (Å²) < 4.78 is 2.44. The molecular weight excluding hydrogens is 905 g/mol. The quantitative estimate of drug-likeness (QED) is 0.139. The highest BCUT2D eigenvalue weighted by atomic mass is 32.1. The van der Waals surface area contributed by atoms with Crippen LogP contribution in [-0.2, 0) is 16.2 Å². The first-order valence-electron chi connectivity index (χ1n) is 25.4. The van der Waals surface area contributed by atoms with Gasteiger partial charge in [0.25, 0.3) is 0 Å². The molecule has 8 aromatic carbocycles. The van der Waals surface area contributed by atoms with Crippen LogP contribution in [0.25, 0.3) is 42.4 Å². The van der Waals surface area contributed by atoms with Gasteiger partial charge in [-0.25, -0.2) is 4.98 Å². The van der Waals surface area contributed by atoms with Crippen LogP contribution < -0.4 is 15.5 Å². The molecule has 0 radical (unpaired) electrons. The lowest BCUT2D eigenvalue weighted by Crippen LogP contribution is -2.29. The maximum Gasteiger partial charge on any atom is 0.137 e. The van der Waals surface area contributed by atoms with Gasteiger partial charge in [-0.15, -0.1) is 11.3 Å². The van der Waals surface area contributed by atoms with Gasteiger partial charge in [-0.1, -0.05) is 193 Å². The molecule has 2 heterocycles. The van der Waals surface area contributed by atoms with Crippen molar-refractivity contribution in [3.63, 3.8) is 0 Å². The average Bonchev–Trinajstić information content (AvgIpc) is 3.94. The van der Waals surface area contributed by atoms with Gasteiger partial charge in [-0.05, 0) is 141 Å². The summed E-state index contributed by atoms with van der Waals surface area (Å²) in [5.74, 6) is 1.48. The monoisotopic (exact) mass is 966 g/mol. The molecule has 0 amide bonds. The van der Waals surface area contributed by atoms with Crippen LogP contribution in [0, 0.1) is 6.92 Å². The lowest BCUT2D eigenvalue weighted by molar-refractivity contribution is 0.590. The molecule has 1 aliphatic rings. The number of benzene rings is 8. The van der Waals surface area contributed by atoms with E-state index < -0.39 is 5.41 Å². The number of aromatic nitrogens is 1. The molecule has 0 spiro atoms. The zero-order valence-corrected chi connectivity index (χ0v) is 43.9. The van der Waals surface area contributed by atoms with E-state index in [1.54, 1.807) is 0 Å². The normalized spacial score (nSPS) is 13.4. The van der Waals surface area contributed by atoms with Crippen LogP contribution in [0.5, 0.6) is 0 Å². The first-order valence-corrected chi connectivity index (χ1v) is 26.3. The Bertz CT molecular complexity index is 3650. The largest absolute Gasteiger partial charge is 0.385 e. The summed E-state index contributed by atoms with van der Waals surface area (Å²) >= 11 is 1.88. The van der Waals surface area contributed by atoms with Crippen molar-refractivity contribution >= 4 is 60.1 Å². The molecule has 0 atom stereocenters. The zero-order chi connectivity index (χ0) is 50.6. The molecule has 2 N–H and O–H groups in total. The van der Waals surface area contributed by atoms with Crippen LogP contribution in [0.2, 0.25) is 0 Å². The third kappa shape index (κ3) is 8.22. The molecule has 0 unspecified atom stereocenters. The van der Waals surface area contributed by atoms with Crippen molar-refractivity contribution in [2.75, 3.05) is 9.80 Å². The number of hydrogen-bond donors (Lipinski definition) is 1. The Labute approximate surface area is 435 Å². The standard InChI is InChI=1S/C68H62N4S/c1-9-10-30-60(69)72(52-38-34-48(35-39-52)67(6,7)8)58-43-57-64(65-63(58)54-28-20-21-29-59(54)73-65)62-55(46-22-14-11-15-23-46)41-53(42-56(62)68(57,49-24-16-12-17-25-49)50-26-18-13-19-27-50)71(61-40-31-45(2)44-70-61)51-36-32-47(33-37-51)66(3,4)5/h9-44H,69H2,1-8H3/b10-9+,60-30+. The number of fused-ring (bicyclic) bond motifs is 7. The molecule has 5 heteroatoms. The average molecular weight is 967 g/mol. The Morgan fingerprint density at radius 2 is 1.15 bits per heavy atom. The molecule has 0 saturated heterocycles. The van der Waals surface area contributed by atoms with Crippen LogP contribution in [0.15, 0.2) is 224 Å². The lowest BCUT2D eigenvalue weighted by atomic mass is 9.67. The summed E-state index contributed by atoms with van der Waals surface area (Å²) in [6.07, 6.45) is 8.08. The number of aryl methyl sites for hydroxylation is 1. The minimum Gasteiger partial charge on any atom is -0.385 e. The number of rotatable bonds is 10. The van der Waals surface area contributed by atoms with E-state index in [9.17, 15) is 0 Å². The smallest absolute Gasteiger partial charge is 0.137 e. The minimum atomic E-state index is -0.808. The van der Waals surface area contributed by atoms with Gasteiger partial charge in [0.05, 0.1) is 11.1 Å². The first-order chi connectivity index (χ1) is 35.3. The highest BCUT2D eigenvalue weighted by molar-refractivity contribution is 7.26. The molecule has 73 heavy (non-hydrogen) atoms. The molecule has 11 rings (SSSR count). The van der Waals surface area contributed by atoms with Crippen molar-refractivity contribution in [3.05, 3.63) is 263 Å². The summed E-state index contributed by atoms with van der Waals surface area (Å²) in [4.78, 5) is 9.80. The highest BCUT2D eigenvalue weighted by Crippen LogP contribution is 2.64. The maximum atomic E-state index is 7.45. The van der Waals surface area contributed by atoms with E-state index in [1.165, 1.54) is 64.7 Å². The van der Waals surface area contributed by atoms with Gasteiger partial charge in [-0.2, -0.15) is 0 Å². The van der Waals surface area contributed by atoms with Gasteiger partial charge < -0.3 is 5.73 Å². The minimum absolute atomic E-state index is 0.00827. The summed E-state index contributed by atoms with van der Waals surface area (Å²) in [6, 6.07) is 71.9. The molecule has 10 aromatic rings. The number of nitrogens with zero attached hydrogens (tertiary/aromatic N) is 3. The van der Waals surface area contributed by atoms with Crippen molar-refractivity contribution in [2.45, 2.75) is 71.6 Å². The molecule has 4 nitrogen and oxygen atoms in total. The maximum absolute atomic E-state index is 7.45. The van der Waals surface area contributed by atoms with E-state index in [0.29, 0.717) is 5.82 Å². The predicted octanol–water partition coefficient (Wildman–Crippen LogP) is 18.4. The topological polar surface area (TPSA) is 45.4 Å². The molecule has 0 saturated carbocycles. The second kappa shape index (κ2) is 18.6. The number of thiophene rings is 1. The highest BCUT2D eigenvalue weighted by Gasteiger charge is 2.49. The fraction of sp³-hybridized carbons (Fsp3) is 0.162. The fourth-order valence-electron chi connectivity index (χ4n) is 11.0. The molecule has 0 fully saturated rings. The van der Waals surface area contributed by atoms with Gasteiger partial charge in [0, 0.05) is 49.0 Å². The van der Waals surface area contributed by atoms with E-state index in [4.69, 9.17) is 10.7 Å². The number of allylic oxidation sites excluding steroid dienone is 3. The lowest BCUT2D eigenvalue weighted by Gasteiger charge is -2.36. The van der Waals surface area contributed by atoms with Crippen LogP contribution in [0.1, 0.15) is 87.4 Å². The van der Waals surface area contributed by atoms with Crippen LogP contribution in [-0.4, -0.2) is 4.98 Å². The molecule has 1 aliphatic carbocycles. The van der Waals surface area contributed by atoms with Crippen molar-refractivity contribution in [1.82, 2.24) is 4.98 Å².